The second kappa shape index (κ2) is 7.24. The van der Waals surface area contributed by atoms with Gasteiger partial charge < -0.3 is 9.39 Å². The molecule has 0 saturated carbocycles. The van der Waals surface area contributed by atoms with E-state index in [2.05, 4.69) is 79.0 Å². The van der Waals surface area contributed by atoms with Gasteiger partial charge in [-0.05, 0) is 20.8 Å². The molecule has 1 aromatic rings. The Balaban J connectivity index is 2.79. The number of hydrogen-bond donors (Lipinski definition) is 0. The van der Waals surface area contributed by atoms with Crippen molar-refractivity contribution in [3.8, 4) is 0 Å². The topological polar surface area (TPSA) is 38.5 Å². The Bertz CT molecular complexity index is 735. The quantitative estimate of drug-likeness (QED) is 0.401. The highest BCUT2D eigenvalue weighted by Crippen LogP contribution is 2.57. The Morgan fingerprint density at radius 3 is 1.89 bits per heavy atom. The second-order valence-electron chi connectivity index (χ2n) is 11.3. The van der Waals surface area contributed by atoms with Gasteiger partial charge in [-0.2, -0.15) is 0 Å². The second-order valence-corrected chi connectivity index (χ2v) is 11.3. The summed E-state index contributed by atoms with van der Waals surface area (Å²) in [6, 6.07) is 10.3. The smallest absolute Gasteiger partial charge is 0.338 e. The summed E-state index contributed by atoms with van der Waals surface area (Å²) < 4.78 is 14.5. The summed E-state index contributed by atoms with van der Waals surface area (Å²) in [7, 11) is 1.48. The zero-order valence-electron chi connectivity index (χ0n) is 19.4. The summed E-state index contributed by atoms with van der Waals surface area (Å²) in [4.78, 5) is 13.3. The van der Waals surface area contributed by atoms with Crippen LogP contribution >= 0.6 is 0 Å². The molecule has 0 N–H and O–H groups in total. The fourth-order valence-corrected chi connectivity index (χ4v) is 5.29. The summed E-state index contributed by atoms with van der Waals surface area (Å²) in [5.41, 5.74) is 0.914. The maximum Gasteiger partial charge on any atom is 0.338 e. The van der Waals surface area contributed by atoms with Gasteiger partial charge >= 0.3 is 5.97 Å². The molecule has 1 heterocycles. The first kappa shape index (κ1) is 22.5. The van der Waals surface area contributed by atoms with Crippen molar-refractivity contribution in [2.75, 3.05) is 7.11 Å². The van der Waals surface area contributed by atoms with Crippen molar-refractivity contribution in [2.45, 2.75) is 85.4 Å². The van der Waals surface area contributed by atoms with Crippen LogP contribution in [0.2, 0.25) is 10.6 Å². The van der Waals surface area contributed by atoms with Crippen molar-refractivity contribution in [2.24, 2.45) is 5.41 Å². The van der Waals surface area contributed by atoms with Crippen LogP contribution < -0.4 is 0 Å². The highest BCUT2D eigenvalue weighted by molar-refractivity contribution is 6.84. The molecule has 0 spiro atoms. The molecule has 1 aliphatic rings. The Hall–Kier alpha value is -1.78. The number of hydrogen-bond acceptors (Lipinski definition) is 3. The lowest BCUT2D eigenvalue weighted by atomic mass is 9.14. The zero-order valence-corrected chi connectivity index (χ0v) is 19.4. The van der Waals surface area contributed by atoms with E-state index in [0.717, 1.165) is 11.5 Å². The van der Waals surface area contributed by atoms with E-state index in [-0.39, 0.29) is 22.0 Å². The average molecular weight is 387 g/mol. The third kappa shape index (κ3) is 3.73. The molecule has 1 aliphatic heterocycles. The number of carbonyl (C=O) groups is 1. The van der Waals surface area contributed by atoms with Gasteiger partial charge in [-0.25, -0.2) is 9.37 Å². The monoisotopic (exact) mass is 387 g/mol. The number of benzene rings is 1. The first-order valence-corrected chi connectivity index (χ1v) is 10.3. The van der Waals surface area contributed by atoms with E-state index in [1.54, 1.807) is 0 Å². The molecule has 0 aliphatic carbocycles. The Morgan fingerprint density at radius 1 is 1.00 bits per heavy atom. The number of ether oxygens (including phenoxy) is 1. The number of nitrogens with zero attached hydrogens (tertiary/aromatic N) is 1. The van der Waals surface area contributed by atoms with Crippen LogP contribution in [0.3, 0.4) is 0 Å². The summed E-state index contributed by atoms with van der Waals surface area (Å²) in [6.07, 6.45) is -1.64. The highest BCUT2D eigenvalue weighted by atomic mass is 16.5. The molecule has 0 saturated heterocycles. The predicted octanol–water partition coefficient (Wildman–Crippen LogP) is 5.30. The van der Waals surface area contributed by atoms with Crippen LogP contribution in [0.1, 0.15) is 67.9 Å². The van der Waals surface area contributed by atoms with E-state index in [1.807, 2.05) is 18.2 Å². The zero-order chi connectivity index (χ0) is 21.5. The van der Waals surface area contributed by atoms with Gasteiger partial charge in [0.25, 0.3) is 12.2 Å². The van der Waals surface area contributed by atoms with Gasteiger partial charge in [0.1, 0.15) is 0 Å². The molecule has 0 bridgehead atoms. The van der Waals surface area contributed by atoms with Crippen molar-refractivity contribution in [1.29, 1.82) is 0 Å². The number of methoxy groups -OCH3 is 1. The van der Waals surface area contributed by atoms with Crippen molar-refractivity contribution < 1.29 is 18.8 Å². The van der Waals surface area contributed by atoms with Gasteiger partial charge in [-0.15, -0.1) is 10.6 Å². The number of esters is 1. The maximum absolute atomic E-state index is 13.3. The highest BCUT2D eigenvalue weighted by Gasteiger charge is 2.66. The molecule has 1 atom stereocenters. The minimum absolute atomic E-state index is 0.222. The van der Waals surface area contributed by atoms with Crippen LogP contribution in [0, 0.1) is 5.41 Å². The minimum Gasteiger partial charge on any atom is -0.662 e. The van der Waals surface area contributed by atoms with E-state index in [0.29, 0.717) is 6.54 Å². The third-order valence-electron chi connectivity index (χ3n) is 6.19. The third-order valence-corrected chi connectivity index (χ3v) is 6.19. The Kier molecular flexibility index (Phi) is 5.82. The minimum atomic E-state index is -1.64. The van der Waals surface area contributed by atoms with Gasteiger partial charge in [0, 0.05) is 5.56 Å². The molecule has 2 rings (SSSR count). The van der Waals surface area contributed by atoms with E-state index in [1.165, 1.54) is 7.11 Å². The normalized spacial score (nSPS) is 20.1. The molecule has 1 aromatic carbocycles. The van der Waals surface area contributed by atoms with Crippen LogP contribution in [0.4, 0.5) is 0 Å². The summed E-state index contributed by atoms with van der Waals surface area (Å²) in [5, 5.41) is -0.474. The van der Waals surface area contributed by atoms with E-state index in [9.17, 15) is 4.79 Å². The molecule has 156 valence electrons. The average Bonchev–Trinajstić information content (AvgIpc) is 2.91. The standard InChI is InChI=1S/C23H38BNO3/c1-21(2,3)20-25(16-17-14-12-11-13-15-17)18(19(26)27-10)24(28-20,22(4,5)6)23(7,8)9/h11-15,18H,16H2,1-10H3. The Morgan fingerprint density at radius 2 is 1.50 bits per heavy atom. The predicted molar refractivity (Wildman–Crippen MR) is 117 cm³/mol. The fourth-order valence-electron chi connectivity index (χ4n) is 5.29. The Labute approximate surface area is 171 Å². The summed E-state index contributed by atoms with van der Waals surface area (Å²) in [6.45, 7) is 20.1. The SMILES string of the molecule is COC(=O)C1[N+](Cc2ccccc2)=C(C(C)(C)C)O[B-]1(C(C)(C)C)C(C)(C)C. The van der Waals surface area contributed by atoms with Crippen molar-refractivity contribution in [3.05, 3.63) is 35.9 Å². The van der Waals surface area contributed by atoms with Gasteiger partial charge in [0.15, 0.2) is 12.5 Å². The first-order valence-electron chi connectivity index (χ1n) is 10.3. The fraction of sp³-hybridized carbons (Fsp3) is 0.652. The van der Waals surface area contributed by atoms with Crippen molar-refractivity contribution in [3.63, 3.8) is 0 Å². The first-order chi connectivity index (χ1) is 12.7. The molecule has 0 fully saturated rings. The number of rotatable bonds is 3. The molecular formula is C23H38BNO3. The van der Waals surface area contributed by atoms with E-state index in [4.69, 9.17) is 9.39 Å². The largest absolute Gasteiger partial charge is 0.662 e. The number of carbonyl (C=O) groups excluding carboxylic acids is 1. The lowest BCUT2D eigenvalue weighted by Gasteiger charge is -2.56. The van der Waals surface area contributed by atoms with Crippen LogP contribution in [-0.4, -0.2) is 35.8 Å². The van der Waals surface area contributed by atoms with E-state index < -0.39 is 12.3 Å². The molecule has 1 unspecified atom stereocenters. The van der Waals surface area contributed by atoms with E-state index >= 15 is 0 Å². The lowest BCUT2D eigenvalue weighted by molar-refractivity contribution is -0.554. The van der Waals surface area contributed by atoms with Crippen LogP contribution in [0.15, 0.2) is 30.3 Å². The van der Waals surface area contributed by atoms with Crippen LogP contribution in [-0.2, 0) is 20.7 Å². The molecule has 4 nitrogen and oxygen atoms in total. The maximum atomic E-state index is 13.3. The van der Waals surface area contributed by atoms with Gasteiger partial charge in [0.05, 0.1) is 12.5 Å². The van der Waals surface area contributed by atoms with Crippen molar-refractivity contribution in [1.82, 2.24) is 0 Å². The van der Waals surface area contributed by atoms with Crippen molar-refractivity contribution >= 4 is 18.2 Å². The van der Waals surface area contributed by atoms with Gasteiger partial charge in [-0.3, -0.25) is 0 Å². The van der Waals surface area contributed by atoms with Crippen LogP contribution in [0.5, 0.6) is 0 Å². The molecule has 0 amide bonds. The summed E-state index contributed by atoms with van der Waals surface area (Å²) >= 11 is 0. The van der Waals surface area contributed by atoms with Gasteiger partial charge in [0.2, 0.25) is 0 Å². The molecule has 5 heteroatoms. The summed E-state index contributed by atoms with van der Waals surface area (Å²) in [5.74, 6) is 0.177. The molecule has 28 heavy (non-hydrogen) atoms. The molecule has 0 radical (unpaired) electrons. The lowest BCUT2D eigenvalue weighted by Crippen LogP contribution is -2.65. The van der Waals surface area contributed by atoms with Crippen LogP contribution in [0.25, 0.3) is 0 Å². The molecular weight excluding hydrogens is 349 g/mol. The van der Waals surface area contributed by atoms with Gasteiger partial charge in [-0.1, -0.05) is 71.9 Å². The molecule has 0 aromatic heterocycles.